The van der Waals surface area contributed by atoms with Crippen molar-refractivity contribution in [3.05, 3.63) is 42.0 Å². The number of phenols is 1. The van der Waals surface area contributed by atoms with E-state index < -0.39 is 0 Å². The average molecular weight is 299 g/mol. The fraction of sp³-hybridized carbons (Fsp3) is 0.0667. The zero-order valence-electron chi connectivity index (χ0n) is 11.3. The normalized spacial score (nSPS) is 10.7. The van der Waals surface area contributed by atoms with Crippen LogP contribution in [-0.2, 0) is 0 Å². The van der Waals surface area contributed by atoms with Gasteiger partial charge in [0.15, 0.2) is 10.7 Å². The van der Waals surface area contributed by atoms with Gasteiger partial charge in [-0.25, -0.2) is 4.98 Å². The first kappa shape index (κ1) is 13.4. The molecule has 0 aliphatic heterocycles. The number of phenolic OH excluding ortho intramolecular Hbond substituents is 1. The third kappa shape index (κ3) is 2.53. The largest absolute Gasteiger partial charge is 0.507 e. The molecular formula is C15H13N3O2S. The Balaban J connectivity index is 2.06. The van der Waals surface area contributed by atoms with Crippen LogP contribution >= 0.6 is 12.2 Å². The molecule has 0 spiro atoms. The molecule has 2 aromatic carbocycles. The number of nitrogens with two attached hydrogens (primary N) is 1. The lowest BCUT2D eigenvalue weighted by molar-refractivity contribution is 0.474. The van der Waals surface area contributed by atoms with E-state index in [0.29, 0.717) is 17.1 Å². The van der Waals surface area contributed by atoms with Gasteiger partial charge in [-0.05, 0) is 42.9 Å². The molecule has 5 nitrogen and oxygen atoms in total. The van der Waals surface area contributed by atoms with E-state index in [1.807, 2.05) is 25.1 Å². The smallest absolute Gasteiger partial charge is 0.231 e. The lowest BCUT2D eigenvalue weighted by atomic mass is 10.2. The molecular weight excluding hydrogens is 286 g/mol. The van der Waals surface area contributed by atoms with E-state index in [1.54, 1.807) is 12.1 Å². The van der Waals surface area contributed by atoms with E-state index in [-0.39, 0.29) is 10.9 Å². The molecule has 0 saturated carbocycles. The molecule has 0 saturated heterocycles. The average Bonchev–Trinajstić information content (AvgIpc) is 2.83. The summed E-state index contributed by atoms with van der Waals surface area (Å²) in [5.41, 5.74) is 9.00. The van der Waals surface area contributed by atoms with Crippen LogP contribution in [0.3, 0.4) is 0 Å². The fourth-order valence-corrected chi connectivity index (χ4v) is 2.25. The molecule has 0 fully saturated rings. The van der Waals surface area contributed by atoms with Gasteiger partial charge in [0, 0.05) is 11.8 Å². The number of benzene rings is 2. The Morgan fingerprint density at radius 1 is 1.33 bits per heavy atom. The van der Waals surface area contributed by atoms with Crippen LogP contribution in [-0.4, -0.2) is 15.2 Å². The number of rotatable bonds is 2. The molecule has 0 aliphatic carbocycles. The Labute approximate surface area is 126 Å². The zero-order chi connectivity index (χ0) is 15.0. The van der Waals surface area contributed by atoms with Gasteiger partial charge in [0.1, 0.15) is 11.3 Å². The van der Waals surface area contributed by atoms with Gasteiger partial charge in [-0.3, -0.25) is 0 Å². The van der Waals surface area contributed by atoms with Crippen LogP contribution in [0.5, 0.6) is 5.75 Å². The topological polar surface area (TPSA) is 84.3 Å². The number of aromatic hydroxyl groups is 1. The summed E-state index contributed by atoms with van der Waals surface area (Å²) in [6, 6.07) is 10.7. The van der Waals surface area contributed by atoms with E-state index in [9.17, 15) is 5.11 Å². The second-order valence-corrected chi connectivity index (χ2v) is 5.10. The highest BCUT2D eigenvalue weighted by atomic mass is 32.1. The van der Waals surface area contributed by atoms with E-state index in [0.717, 1.165) is 16.7 Å². The number of anilines is 1. The summed E-state index contributed by atoms with van der Waals surface area (Å²) in [7, 11) is 0. The molecule has 4 N–H and O–H groups in total. The van der Waals surface area contributed by atoms with Crippen LogP contribution in [0.15, 0.2) is 40.8 Å². The number of nitrogens with zero attached hydrogens (tertiary/aromatic N) is 1. The Hall–Kier alpha value is -2.60. The highest BCUT2D eigenvalue weighted by Crippen LogP contribution is 2.33. The van der Waals surface area contributed by atoms with E-state index in [4.69, 9.17) is 22.4 Å². The third-order valence-electron chi connectivity index (χ3n) is 3.11. The van der Waals surface area contributed by atoms with Gasteiger partial charge in [-0.1, -0.05) is 12.1 Å². The molecule has 0 radical (unpaired) electrons. The van der Waals surface area contributed by atoms with Gasteiger partial charge < -0.3 is 20.6 Å². The van der Waals surface area contributed by atoms with Crippen molar-refractivity contribution in [2.45, 2.75) is 6.92 Å². The van der Waals surface area contributed by atoms with Crippen molar-refractivity contribution in [3.63, 3.8) is 0 Å². The van der Waals surface area contributed by atoms with Gasteiger partial charge in [-0.15, -0.1) is 0 Å². The fourth-order valence-electron chi connectivity index (χ4n) is 2.13. The minimum atomic E-state index is 0.0421. The summed E-state index contributed by atoms with van der Waals surface area (Å²) < 4.78 is 5.74. The van der Waals surface area contributed by atoms with Crippen molar-refractivity contribution in [2.24, 2.45) is 5.73 Å². The Morgan fingerprint density at radius 2 is 2.14 bits per heavy atom. The number of aryl methyl sites for hydroxylation is 1. The van der Waals surface area contributed by atoms with Crippen LogP contribution in [0, 0.1) is 6.92 Å². The molecule has 21 heavy (non-hydrogen) atoms. The summed E-state index contributed by atoms with van der Waals surface area (Å²) in [5.74, 6) is 0.416. The number of nitrogens with one attached hydrogen (secondary N) is 1. The van der Waals surface area contributed by atoms with E-state index in [1.165, 1.54) is 6.07 Å². The van der Waals surface area contributed by atoms with Crippen molar-refractivity contribution in [1.29, 1.82) is 0 Å². The molecule has 6 heteroatoms. The molecule has 0 atom stereocenters. The van der Waals surface area contributed by atoms with Crippen LogP contribution in [0.4, 0.5) is 5.69 Å². The molecule has 0 amide bonds. The minimum absolute atomic E-state index is 0.0421. The van der Waals surface area contributed by atoms with Gasteiger partial charge in [-0.2, -0.15) is 0 Å². The molecule has 106 valence electrons. The van der Waals surface area contributed by atoms with Crippen LogP contribution < -0.4 is 11.1 Å². The van der Waals surface area contributed by atoms with Gasteiger partial charge >= 0.3 is 0 Å². The van der Waals surface area contributed by atoms with Crippen molar-refractivity contribution in [3.8, 4) is 17.2 Å². The third-order valence-corrected chi connectivity index (χ3v) is 3.21. The van der Waals surface area contributed by atoms with Crippen molar-refractivity contribution in [2.75, 3.05) is 5.32 Å². The standard InChI is InChI=1S/C15H13N3O2S/c1-8-3-2-4-11-13(8)20-14(18-11)10-6-5-9(7-12(10)19)17-15(16)21/h2-7,19H,1H3,(H3,16,17,21). The number of para-hydroxylation sites is 1. The maximum Gasteiger partial charge on any atom is 0.231 e. The number of hydrogen-bond acceptors (Lipinski definition) is 4. The lowest BCUT2D eigenvalue weighted by Crippen LogP contribution is -2.18. The van der Waals surface area contributed by atoms with Gasteiger partial charge in [0.2, 0.25) is 5.89 Å². The predicted octanol–water partition coefficient (Wildman–Crippen LogP) is 3.16. The molecule has 3 aromatic rings. The summed E-state index contributed by atoms with van der Waals surface area (Å²) in [5, 5.41) is 13.0. The van der Waals surface area contributed by atoms with Crippen molar-refractivity contribution in [1.82, 2.24) is 4.98 Å². The molecule has 0 bridgehead atoms. The number of aromatic nitrogens is 1. The minimum Gasteiger partial charge on any atom is -0.507 e. The monoisotopic (exact) mass is 299 g/mol. The van der Waals surface area contributed by atoms with Crippen molar-refractivity contribution < 1.29 is 9.52 Å². The highest BCUT2D eigenvalue weighted by Gasteiger charge is 2.13. The summed E-state index contributed by atoms with van der Waals surface area (Å²) >= 11 is 4.76. The number of thiocarbonyl (C=S) groups is 1. The first-order valence-electron chi connectivity index (χ1n) is 6.30. The maximum absolute atomic E-state index is 10.1. The van der Waals surface area contributed by atoms with Gasteiger partial charge in [0.05, 0.1) is 5.56 Å². The molecule has 0 unspecified atom stereocenters. The first-order valence-corrected chi connectivity index (χ1v) is 6.71. The number of hydrogen-bond donors (Lipinski definition) is 3. The Kier molecular flexibility index (Phi) is 3.23. The SMILES string of the molecule is Cc1cccc2nc(-c3ccc(NC(N)=S)cc3O)oc12. The highest BCUT2D eigenvalue weighted by molar-refractivity contribution is 7.80. The Bertz CT molecular complexity index is 842. The summed E-state index contributed by atoms with van der Waals surface area (Å²) in [4.78, 5) is 4.40. The second-order valence-electron chi connectivity index (χ2n) is 4.66. The van der Waals surface area contributed by atoms with Crippen LogP contribution in [0.2, 0.25) is 0 Å². The summed E-state index contributed by atoms with van der Waals surface area (Å²) in [6.07, 6.45) is 0. The molecule has 0 aliphatic rings. The Morgan fingerprint density at radius 3 is 2.81 bits per heavy atom. The maximum atomic E-state index is 10.1. The van der Waals surface area contributed by atoms with Gasteiger partial charge in [0.25, 0.3) is 0 Å². The first-order chi connectivity index (χ1) is 10.0. The predicted molar refractivity (Wildman–Crippen MR) is 86.3 cm³/mol. The van der Waals surface area contributed by atoms with Crippen LogP contribution in [0.25, 0.3) is 22.6 Å². The lowest BCUT2D eigenvalue weighted by Gasteiger charge is -2.06. The number of fused-ring (bicyclic) bond motifs is 1. The molecule has 1 aromatic heterocycles. The van der Waals surface area contributed by atoms with E-state index in [2.05, 4.69) is 10.3 Å². The summed E-state index contributed by atoms with van der Waals surface area (Å²) in [6.45, 7) is 1.95. The second kappa shape index (κ2) is 5.06. The van der Waals surface area contributed by atoms with Crippen LogP contribution in [0.1, 0.15) is 5.56 Å². The quantitative estimate of drug-likeness (QED) is 0.630. The van der Waals surface area contributed by atoms with E-state index >= 15 is 0 Å². The molecule has 1 heterocycles. The van der Waals surface area contributed by atoms with Crippen molar-refractivity contribution >= 4 is 34.1 Å². The number of oxazole rings is 1. The zero-order valence-corrected chi connectivity index (χ0v) is 12.1. The molecule has 3 rings (SSSR count).